The van der Waals surface area contributed by atoms with Crippen LogP contribution in [-0.4, -0.2) is 31.6 Å². The molecule has 0 bridgehead atoms. The molecule has 1 unspecified atom stereocenters. The smallest absolute Gasteiger partial charge is 0.0300 e. The van der Waals surface area contributed by atoms with Gasteiger partial charge in [-0.05, 0) is 39.1 Å². The molecule has 1 aromatic heterocycles. The zero-order valence-electron chi connectivity index (χ0n) is 11.1. The molecule has 0 aromatic carbocycles. The molecule has 2 nitrogen and oxygen atoms in total. The molecule has 16 heavy (non-hydrogen) atoms. The second-order valence-corrected chi connectivity index (χ2v) is 6.29. The standard InChI is InChI=1S/C13H24N2S/c1-10(2)13(15(4)5)9-14-8-12-7-6-11(3)16-12/h6-7,10,13-14H,8-9H2,1-5H3. The van der Waals surface area contributed by atoms with Crippen LogP contribution in [0.2, 0.25) is 0 Å². The molecule has 0 radical (unpaired) electrons. The molecule has 0 saturated carbocycles. The summed E-state index contributed by atoms with van der Waals surface area (Å²) in [4.78, 5) is 5.13. The van der Waals surface area contributed by atoms with Crippen molar-refractivity contribution in [3.63, 3.8) is 0 Å². The van der Waals surface area contributed by atoms with Crippen LogP contribution < -0.4 is 5.32 Å². The van der Waals surface area contributed by atoms with Gasteiger partial charge in [0.25, 0.3) is 0 Å². The van der Waals surface area contributed by atoms with Gasteiger partial charge in [0, 0.05) is 28.9 Å². The first-order valence-corrected chi connectivity index (χ1v) is 6.74. The Labute approximate surface area is 104 Å². The van der Waals surface area contributed by atoms with Crippen molar-refractivity contribution >= 4 is 11.3 Å². The number of aryl methyl sites for hydroxylation is 1. The maximum Gasteiger partial charge on any atom is 0.0300 e. The molecular weight excluding hydrogens is 216 g/mol. The number of rotatable bonds is 6. The first kappa shape index (κ1) is 13.7. The molecule has 1 heterocycles. The second-order valence-electron chi connectivity index (χ2n) is 4.92. The number of nitrogens with one attached hydrogen (secondary N) is 1. The molecule has 1 atom stereocenters. The van der Waals surface area contributed by atoms with E-state index in [9.17, 15) is 0 Å². The van der Waals surface area contributed by atoms with Crippen LogP contribution in [0, 0.1) is 12.8 Å². The van der Waals surface area contributed by atoms with Gasteiger partial charge in [-0.1, -0.05) is 13.8 Å². The molecule has 1 N–H and O–H groups in total. The van der Waals surface area contributed by atoms with E-state index in [1.54, 1.807) is 0 Å². The maximum absolute atomic E-state index is 3.55. The van der Waals surface area contributed by atoms with Crippen molar-refractivity contribution in [3.8, 4) is 0 Å². The van der Waals surface area contributed by atoms with Crippen LogP contribution in [0.1, 0.15) is 23.6 Å². The lowest BCUT2D eigenvalue weighted by atomic mass is 10.0. The predicted octanol–water partition coefficient (Wildman–Crippen LogP) is 2.73. The van der Waals surface area contributed by atoms with Crippen molar-refractivity contribution in [3.05, 3.63) is 21.9 Å². The van der Waals surface area contributed by atoms with Gasteiger partial charge >= 0.3 is 0 Å². The Morgan fingerprint density at radius 3 is 2.44 bits per heavy atom. The lowest BCUT2D eigenvalue weighted by Crippen LogP contribution is -2.41. The molecule has 1 aromatic rings. The van der Waals surface area contributed by atoms with Gasteiger partial charge in [0.1, 0.15) is 0 Å². The summed E-state index contributed by atoms with van der Waals surface area (Å²) in [6, 6.07) is 5.02. The van der Waals surface area contributed by atoms with Crippen LogP contribution in [0.5, 0.6) is 0 Å². The summed E-state index contributed by atoms with van der Waals surface area (Å²) >= 11 is 1.88. The van der Waals surface area contributed by atoms with Crippen LogP contribution in [0.4, 0.5) is 0 Å². The minimum Gasteiger partial charge on any atom is -0.310 e. The van der Waals surface area contributed by atoms with Crippen LogP contribution >= 0.6 is 11.3 Å². The fraction of sp³-hybridized carbons (Fsp3) is 0.692. The Bertz CT molecular complexity index is 297. The van der Waals surface area contributed by atoms with Gasteiger partial charge in [0.05, 0.1) is 0 Å². The molecule has 3 heteroatoms. The summed E-state index contributed by atoms with van der Waals surface area (Å²) in [7, 11) is 4.31. The van der Waals surface area contributed by atoms with E-state index in [2.05, 4.69) is 57.2 Å². The van der Waals surface area contributed by atoms with Gasteiger partial charge in [-0.25, -0.2) is 0 Å². The average Bonchev–Trinajstić information content (AvgIpc) is 2.57. The van der Waals surface area contributed by atoms with Crippen molar-refractivity contribution in [1.82, 2.24) is 10.2 Å². The zero-order valence-corrected chi connectivity index (χ0v) is 11.9. The lowest BCUT2D eigenvalue weighted by molar-refractivity contribution is 0.224. The molecule has 0 amide bonds. The molecule has 0 aliphatic rings. The molecule has 0 aliphatic carbocycles. The summed E-state index contributed by atoms with van der Waals surface area (Å²) in [6.07, 6.45) is 0. The Balaban J connectivity index is 2.33. The van der Waals surface area contributed by atoms with Crippen LogP contribution in [0.15, 0.2) is 12.1 Å². The van der Waals surface area contributed by atoms with Crippen molar-refractivity contribution in [2.45, 2.75) is 33.4 Å². The Kier molecular flexibility index (Phi) is 5.46. The topological polar surface area (TPSA) is 15.3 Å². The third-order valence-corrected chi connectivity index (χ3v) is 3.88. The average molecular weight is 240 g/mol. The highest BCUT2D eigenvalue weighted by molar-refractivity contribution is 7.11. The third kappa shape index (κ3) is 4.24. The SMILES string of the molecule is Cc1ccc(CNCC(C(C)C)N(C)C)s1. The van der Waals surface area contributed by atoms with Gasteiger partial charge in [0.15, 0.2) is 0 Å². The van der Waals surface area contributed by atoms with Crippen LogP contribution in [0.25, 0.3) is 0 Å². The van der Waals surface area contributed by atoms with Crippen LogP contribution in [-0.2, 0) is 6.54 Å². The molecule has 1 rings (SSSR count). The van der Waals surface area contributed by atoms with Crippen molar-refractivity contribution < 1.29 is 0 Å². The van der Waals surface area contributed by atoms with E-state index in [-0.39, 0.29) is 0 Å². The molecule has 0 saturated heterocycles. The van der Waals surface area contributed by atoms with E-state index < -0.39 is 0 Å². The van der Waals surface area contributed by atoms with E-state index in [1.807, 2.05) is 11.3 Å². The number of likely N-dealkylation sites (N-methyl/N-ethyl adjacent to an activating group) is 1. The number of nitrogens with zero attached hydrogens (tertiary/aromatic N) is 1. The number of hydrogen-bond donors (Lipinski definition) is 1. The van der Waals surface area contributed by atoms with E-state index >= 15 is 0 Å². The highest BCUT2D eigenvalue weighted by Gasteiger charge is 2.14. The Morgan fingerprint density at radius 2 is 2.00 bits per heavy atom. The predicted molar refractivity (Wildman–Crippen MR) is 73.1 cm³/mol. The Morgan fingerprint density at radius 1 is 1.31 bits per heavy atom. The van der Waals surface area contributed by atoms with Crippen molar-refractivity contribution in [2.24, 2.45) is 5.92 Å². The van der Waals surface area contributed by atoms with E-state index in [4.69, 9.17) is 0 Å². The third-order valence-electron chi connectivity index (χ3n) is 2.88. The summed E-state index contributed by atoms with van der Waals surface area (Å²) in [5.74, 6) is 0.688. The molecule has 0 aliphatic heterocycles. The maximum atomic E-state index is 3.55. The van der Waals surface area contributed by atoms with Gasteiger partial charge in [-0.3, -0.25) is 0 Å². The molecule has 92 valence electrons. The summed E-state index contributed by atoms with van der Waals surface area (Å²) in [5, 5.41) is 3.55. The van der Waals surface area contributed by atoms with E-state index in [0.29, 0.717) is 12.0 Å². The molecule has 0 spiro atoms. The van der Waals surface area contributed by atoms with Crippen molar-refractivity contribution in [1.29, 1.82) is 0 Å². The van der Waals surface area contributed by atoms with Gasteiger partial charge in [-0.15, -0.1) is 11.3 Å². The largest absolute Gasteiger partial charge is 0.310 e. The fourth-order valence-corrected chi connectivity index (χ4v) is 2.80. The summed E-state index contributed by atoms with van der Waals surface area (Å²) in [6.45, 7) is 8.77. The fourth-order valence-electron chi connectivity index (χ4n) is 1.94. The highest BCUT2D eigenvalue weighted by Crippen LogP contribution is 2.14. The lowest BCUT2D eigenvalue weighted by Gasteiger charge is -2.28. The van der Waals surface area contributed by atoms with E-state index in [1.165, 1.54) is 9.75 Å². The zero-order chi connectivity index (χ0) is 12.1. The minimum absolute atomic E-state index is 0.612. The van der Waals surface area contributed by atoms with Gasteiger partial charge in [-0.2, -0.15) is 0 Å². The molecule has 0 fully saturated rings. The van der Waals surface area contributed by atoms with Gasteiger partial charge < -0.3 is 10.2 Å². The highest BCUT2D eigenvalue weighted by atomic mass is 32.1. The van der Waals surface area contributed by atoms with Crippen LogP contribution in [0.3, 0.4) is 0 Å². The Hall–Kier alpha value is -0.380. The summed E-state index contributed by atoms with van der Waals surface area (Å²) < 4.78 is 0. The number of thiophene rings is 1. The first-order valence-electron chi connectivity index (χ1n) is 5.93. The normalized spacial score (nSPS) is 13.7. The number of hydrogen-bond acceptors (Lipinski definition) is 3. The van der Waals surface area contributed by atoms with Crippen molar-refractivity contribution in [2.75, 3.05) is 20.6 Å². The monoisotopic (exact) mass is 240 g/mol. The second kappa shape index (κ2) is 6.38. The quantitative estimate of drug-likeness (QED) is 0.822. The minimum atomic E-state index is 0.612. The first-order chi connectivity index (χ1) is 7.50. The molecular formula is C13H24N2S. The van der Waals surface area contributed by atoms with E-state index in [0.717, 1.165) is 13.1 Å². The van der Waals surface area contributed by atoms with Gasteiger partial charge in [0.2, 0.25) is 0 Å². The summed E-state index contributed by atoms with van der Waals surface area (Å²) in [5.41, 5.74) is 0.